The molecular weight excluding hydrogens is 204 g/mol. The first-order valence-electron chi connectivity index (χ1n) is 4.12. The SMILES string of the molecule is CN(CC(=O)O)Cc1ccc([N+](=O)[O-])o1. The third kappa shape index (κ3) is 3.39. The van der Waals surface area contributed by atoms with Gasteiger partial charge >= 0.3 is 11.9 Å². The molecule has 0 bridgehead atoms. The molecule has 15 heavy (non-hydrogen) atoms. The second-order valence-corrected chi connectivity index (χ2v) is 3.06. The van der Waals surface area contributed by atoms with E-state index in [2.05, 4.69) is 0 Å². The highest BCUT2D eigenvalue weighted by molar-refractivity contribution is 5.68. The summed E-state index contributed by atoms with van der Waals surface area (Å²) >= 11 is 0. The van der Waals surface area contributed by atoms with Gasteiger partial charge in [-0.25, -0.2) is 0 Å². The van der Waals surface area contributed by atoms with Gasteiger partial charge in [-0.2, -0.15) is 0 Å². The number of nitro groups is 1. The Morgan fingerprint density at radius 1 is 1.67 bits per heavy atom. The smallest absolute Gasteiger partial charge is 0.433 e. The zero-order valence-electron chi connectivity index (χ0n) is 8.04. The highest BCUT2D eigenvalue weighted by atomic mass is 16.6. The van der Waals surface area contributed by atoms with Crippen LogP contribution in [-0.4, -0.2) is 34.5 Å². The molecule has 1 aromatic heterocycles. The predicted molar refractivity (Wildman–Crippen MR) is 49.3 cm³/mol. The molecule has 0 spiro atoms. The van der Waals surface area contributed by atoms with Crippen LogP contribution >= 0.6 is 0 Å². The highest BCUT2D eigenvalue weighted by Crippen LogP contribution is 2.16. The van der Waals surface area contributed by atoms with E-state index in [9.17, 15) is 14.9 Å². The molecule has 82 valence electrons. The summed E-state index contributed by atoms with van der Waals surface area (Å²) in [7, 11) is 1.59. The van der Waals surface area contributed by atoms with Gasteiger partial charge in [0.1, 0.15) is 10.7 Å². The summed E-state index contributed by atoms with van der Waals surface area (Å²) in [5.41, 5.74) is 0. The quantitative estimate of drug-likeness (QED) is 0.572. The second kappa shape index (κ2) is 4.56. The molecule has 1 N–H and O–H groups in total. The van der Waals surface area contributed by atoms with Crippen molar-refractivity contribution in [2.45, 2.75) is 6.54 Å². The maximum absolute atomic E-state index is 10.3. The van der Waals surface area contributed by atoms with Crippen LogP contribution in [0.4, 0.5) is 5.88 Å². The Balaban J connectivity index is 2.57. The molecule has 0 saturated heterocycles. The van der Waals surface area contributed by atoms with E-state index in [1.54, 1.807) is 7.05 Å². The van der Waals surface area contributed by atoms with Crippen molar-refractivity contribution >= 4 is 11.9 Å². The Morgan fingerprint density at radius 3 is 2.80 bits per heavy atom. The fraction of sp³-hybridized carbons (Fsp3) is 0.375. The van der Waals surface area contributed by atoms with Crippen LogP contribution < -0.4 is 0 Å². The normalized spacial score (nSPS) is 10.5. The molecule has 0 fully saturated rings. The predicted octanol–water partition coefficient (Wildman–Crippen LogP) is 0.704. The van der Waals surface area contributed by atoms with Crippen molar-refractivity contribution in [2.75, 3.05) is 13.6 Å². The molecule has 0 saturated carbocycles. The van der Waals surface area contributed by atoms with Crippen molar-refractivity contribution in [3.05, 3.63) is 28.0 Å². The fourth-order valence-corrected chi connectivity index (χ4v) is 1.10. The summed E-state index contributed by atoms with van der Waals surface area (Å²) in [6, 6.07) is 2.69. The van der Waals surface area contributed by atoms with Crippen LogP contribution in [0.5, 0.6) is 0 Å². The average molecular weight is 214 g/mol. The Morgan fingerprint density at radius 2 is 2.33 bits per heavy atom. The first kappa shape index (κ1) is 11.2. The summed E-state index contributed by atoms with van der Waals surface area (Å²) in [4.78, 5) is 21.5. The van der Waals surface area contributed by atoms with Crippen molar-refractivity contribution in [3.8, 4) is 0 Å². The first-order chi connectivity index (χ1) is 6.99. The number of carbonyl (C=O) groups is 1. The number of rotatable bonds is 5. The second-order valence-electron chi connectivity index (χ2n) is 3.06. The van der Waals surface area contributed by atoms with E-state index >= 15 is 0 Å². The molecule has 7 nitrogen and oxygen atoms in total. The third-order valence-corrected chi connectivity index (χ3v) is 1.66. The largest absolute Gasteiger partial charge is 0.480 e. The van der Waals surface area contributed by atoms with Crippen molar-refractivity contribution in [1.29, 1.82) is 0 Å². The van der Waals surface area contributed by atoms with Gasteiger partial charge in [-0.15, -0.1) is 0 Å². The van der Waals surface area contributed by atoms with Gasteiger partial charge in [0.05, 0.1) is 19.2 Å². The van der Waals surface area contributed by atoms with Crippen molar-refractivity contribution in [3.63, 3.8) is 0 Å². The molecule has 1 rings (SSSR count). The Labute approximate surface area is 85.1 Å². The van der Waals surface area contributed by atoms with Crippen LogP contribution in [-0.2, 0) is 11.3 Å². The van der Waals surface area contributed by atoms with Gasteiger partial charge in [-0.3, -0.25) is 19.8 Å². The molecule has 0 aliphatic carbocycles. The lowest BCUT2D eigenvalue weighted by molar-refractivity contribution is -0.402. The van der Waals surface area contributed by atoms with Crippen LogP contribution in [0, 0.1) is 10.1 Å². The third-order valence-electron chi connectivity index (χ3n) is 1.66. The van der Waals surface area contributed by atoms with Crippen molar-refractivity contribution < 1.29 is 19.2 Å². The van der Waals surface area contributed by atoms with Crippen LogP contribution in [0.1, 0.15) is 5.76 Å². The maximum Gasteiger partial charge on any atom is 0.433 e. The molecule has 0 amide bonds. The molecule has 0 unspecified atom stereocenters. The zero-order valence-corrected chi connectivity index (χ0v) is 8.04. The lowest BCUT2D eigenvalue weighted by Gasteiger charge is -2.10. The molecular formula is C8H10N2O5. The Hall–Kier alpha value is -1.89. The number of likely N-dealkylation sites (N-methyl/N-ethyl adjacent to an activating group) is 1. The minimum atomic E-state index is -0.960. The van der Waals surface area contributed by atoms with Gasteiger partial charge in [-0.1, -0.05) is 0 Å². The van der Waals surface area contributed by atoms with Crippen LogP contribution in [0.3, 0.4) is 0 Å². The summed E-state index contributed by atoms with van der Waals surface area (Å²) in [5, 5.41) is 18.8. The topological polar surface area (TPSA) is 96.8 Å². The van der Waals surface area contributed by atoms with Gasteiger partial charge in [0.2, 0.25) is 0 Å². The summed E-state index contributed by atoms with van der Waals surface area (Å²) in [6.45, 7) is 0.0780. The van der Waals surface area contributed by atoms with E-state index < -0.39 is 10.9 Å². The number of hydrogen-bond donors (Lipinski definition) is 1. The molecule has 0 aliphatic rings. The molecule has 1 heterocycles. The maximum atomic E-state index is 10.3. The van der Waals surface area contributed by atoms with E-state index in [0.717, 1.165) is 0 Å². The fourth-order valence-electron chi connectivity index (χ4n) is 1.10. The molecule has 1 aromatic rings. The van der Waals surface area contributed by atoms with Crippen LogP contribution in [0.15, 0.2) is 16.5 Å². The molecule has 0 aliphatic heterocycles. The monoisotopic (exact) mass is 214 g/mol. The van der Waals surface area contributed by atoms with Crippen molar-refractivity contribution in [1.82, 2.24) is 4.90 Å². The van der Waals surface area contributed by atoms with Crippen LogP contribution in [0.25, 0.3) is 0 Å². The highest BCUT2D eigenvalue weighted by Gasteiger charge is 2.13. The van der Waals surface area contributed by atoms with Gasteiger partial charge < -0.3 is 9.52 Å². The molecule has 7 heteroatoms. The number of carboxylic acid groups (broad SMARTS) is 1. The number of aliphatic carboxylic acids is 1. The number of carboxylic acids is 1. The van der Waals surface area contributed by atoms with E-state index in [1.165, 1.54) is 17.0 Å². The standard InChI is InChI=1S/C8H10N2O5/c1-9(5-8(11)12)4-6-2-3-7(15-6)10(13)14/h2-3H,4-5H2,1H3,(H,11,12). The summed E-state index contributed by atoms with van der Waals surface area (Å²) in [6.07, 6.45) is 0. The van der Waals surface area contributed by atoms with Gasteiger partial charge in [0, 0.05) is 0 Å². The molecule has 0 radical (unpaired) electrons. The van der Waals surface area contributed by atoms with E-state index in [-0.39, 0.29) is 19.0 Å². The Kier molecular flexibility index (Phi) is 3.40. The summed E-state index contributed by atoms with van der Waals surface area (Å²) < 4.78 is 4.86. The first-order valence-corrected chi connectivity index (χ1v) is 4.12. The number of hydrogen-bond acceptors (Lipinski definition) is 5. The van der Waals surface area contributed by atoms with E-state index in [1.807, 2.05) is 0 Å². The minimum absolute atomic E-state index is 0.144. The van der Waals surface area contributed by atoms with Gasteiger partial charge in [0.15, 0.2) is 0 Å². The minimum Gasteiger partial charge on any atom is -0.480 e. The van der Waals surface area contributed by atoms with Gasteiger partial charge in [-0.05, 0) is 13.1 Å². The zero-order chi connectivity index (χ0) is 11.4. The number of nitrogens with zero attached hydrogens (tertiary/aromatic N) is 2. The molecule has 0 atom stereocenters. The van der Waals surface area contributed by atoms with E-state index in [4.69, 9.17) is 9.52 Å². The lowest BCUT2D eigenvalue weighted by atomic mass is 10.4. The van der Waals surface area contributed by atoms with E-state index in [0.29, 0.717) is 5.76 Å². The van der Waals surface area contributed by atoms with Crippen molar-refractivity contribution in [2.24, 2.45) is 0 Å². The van der Waals surface area contributed by atoms with Gasteiger partial charge in [0.25, 0.3) is 0 Å². The summed E-state index contributed by atoms with van der Waals surface area (Å²) in [5.74, 6) is -0.933. The molecule has 0 aromatic carbocycles. The average Bonchev–Trinajstić information content (AvgIpc) is 2.50. The number of furan rings is 1. The van der Waals surface area contributed by atoms with Crippen LogP contribution in [0.2, 0.25) is 0 Å². The lowest BCUT2D eigenvalue weighted by Crippen LogP contribution is -2.24. The Bertz CT molecular complexity index is 373.